The van der Waals surface area contributed by atoms with Crippen LogP contribution in [0.2, 0.25) is 0 Å². The second-order valence-electron chi connectivity index (χ2n) is 7.14. The molecule has 0 bridgehead atoms. The van der Waals surface area contributed by atoms with Crippen molar-refractivity contribution in [3.05, 3.63) is 23.9 Å². The Kier molecular flexibility index (Phi) is 5.99. The van der Waals surface area contributed by atoms with Crippen LogP contribution in [0.1, 0.15) is 39.7 Å². The summed E-state index contributed by atoms with van der Waals surface area (Å²) in [6.07, 6.45) is 2.83. The Hall–Kier alpha value is -1.62. The van der Waals surface area contributed by atoms with Crippen LogP contribution in [-0.2, 0) is 11.3 Å². The third-order valence-electron chi connectivity index (χ3n) is 4.47. The molecule has 128 valence electrons. The molecular weight excluding hydrogens is 288 g/mol. The SMILES string of the molecule is CC(C)C[C@@H]1C(=O)NCCN1Cc1ccc(N(C)C(C)C)nc1. The summed E-state index contributed by atoms with van der Waals surface area (Å²) >= 11 is 0. The minimum atomic E-state index is -0.0261. The molecule has 2 heterocycles. The van der Waals surface area contributed by atoms with Crippen LogP contribution >= 0.6 is 0 Å². The highest BCUT2D eigenvalue weighted by molar-refractivity contribution is 5.82. The second-order valence-corrected chi connectivity index (χ2v) is 7.14. The molecule has 1 aromatic heterocycles. The van der Waals surface area contributed by atoms with E-state index < -0.39 is 0 Å². The first-order chi connectivity index (χ1) is 10.9. The number of rotatable bonds is 6. The Bertz CT molecular complexity index is 512. The summed E-state index contributed by atoms with van der Waals surface area (Å²) in [4.78, 5) is 21.2. The number of nitrogens with one attached hydrogen (secondary N) is 1. The molecule has 0 aliphatic carbocycles. The van der Waals surface area contributed by atoms with E-state index in [9.17, 15) is 4.79 Å². The van der Waals surface area contributed by atoms with Crippen LogP contribution < -0.4 is 10.2 Å². The van der Waals surface area contributed by atoms with Crippen molar-refractivity contribution in [3.63, 3.8) is 0 Å². The van der Waals surface area contributed by atoms with Gasteiger partial charge in [-0.15, -0.1) is 0 Å². The van der Waals surface area contributed by atoms with Crippen LogP contribution in [0.25, 0.3) is 0 Å². The van der Waals surface area contributed by atoms with Gasteiger partial charge in [0.25, 0.3) is 0 Å². The number of pyridine rings is 1. The number of hydrogen-bond acceptors (Lipinski definition) is 4. The molecule has 1 aromatic rings. The minimum Gasteiger partial charge on any atom is -0.357 e. The van der Waals surface area contributed by atoms with Gasteiger partial charge < -0.3 is 10.2 Å². The van der Waals surface area contributed by atoms with E-state index in [1.54, 1.807) is 0 Å². The molecule has 0 saturated carbocycles. The number of nitrogens with zero attached hydrogens (tertiary/aromatic N) is 3. The van der Waals surface area contributed by atoms with Crippen molar-refractivity contribution in [2.75, 3.05) is 25.0 Å². The van der Waals surface area contributed by atoms with E-state index in [1.807, 2.05) is 6.20 Å². The smallest absolute Gasteiger partial charge is 0.237 e. The van der Waals surface area contributed by atoms with Gasteiger partial charge in [0, 0.05) is 38.9 Å². The molecule has 0 radical (unpaired) electrons. The third kappa shape index (κ3) is 4.67. The van der Waals surface area contributed by atoms with Gasteiger partial charge in [-0.1, -0.05) is 19.9 Å². The largest absolute Gasteiger partial charge is 0.357 e. The molecule has 0 unspecified atom stereocenters. The maximum atomic E-state index is 12.2. The average Bonchev–Trinajstić information content (AvgIpc) is 2.50. The number of carbonyl (C=O) groups is 1. The maximum absolute atomic E-state index is 12.2. The van der Waals surface area contributed by atoms with Crippen molar-refractivity contribution in [2.45, 2.75) is 52.7 Å². The molecule has 1 aliphatic heterocycles. The van der Waals surface area contributed by atoms with E-state index in [2.05, 4.69) is 67.0 Å². The van der Waals surface area contributed by atoms with Crippen molar-refractivity contribution in [3.8, 4) is 0 Å². The number of carbonyl (C=O) groups excluding carboxylic acids is 1. The molecule has 0 aromatic carbocycles. The lowest BCUT2D eigenvalue weighted by atomic mass is 9.99. The molecule has 1 amide bonds. The van der Waals surface area contributed by atoms with Gasteiger partial charge in [0.1, 0.15) is 5.82 Å². The Morgan fingerprint density at radius 2 is 2.09 bits per heavy atom. The van der Waals surface area contributed by atoms with E-state index in [4.69, 9.17) is 0 Å². The van der Waals surface area contributed by atoms with E-state index >= 15 is 0 Å². The molecule has 1 atom stereocenters. The van der Waals surface area contributed by atoms with Gasteiger partial charge in [-0.2, -0.15) is 0 Å². The Labute approximate surface area is 140 Å². The molecule has 1 fully saturated rings. The summed E-state index contributed by atoms with van der Waals surface area (Å²) in [5, 5.41) is 2.99. The molecule has 1 aliphatic rings. The highest BCUT2D eigenvalue weighted by Crippen LogP contribution is 2.18. The number of anilines is 1. The molecular formula is C18H30N4O. The molecule has 23 heavy (non-hydrogen) atoms. The van der Waals surface area contributed by atoms with Crippen LogP contribution in [0, 0.1) is 5.92 Å². The predicted octanol–water partition coefficient (Wildman–Crippen LogP) is 2.27. The van der Waals surface area contributed by atoms with Crippen molar-refractivity contribution >= 4 is 11.7 Å². The molecule has 5 heteroatoms. The average molecular weight is 318 g/mol. The summed E-state index contributed by atoms with van der Waals surface area (Å²) in [6.45, 7) is 11.0. The Morgan fingerprint density at radius 3 is 2.65 bits per heavy atom. The number of piperazine rings is 1. The Balaban J connectivity index is 2.06. The summed E-state index contributed by atoms with van der Waals surface area (Å²) < 4.78 is 0. The van der Waals surface area contributed by atoms with E-state index in [1.165, 1.54) is 0 Å². The van der Waals surface area contributed by atoms with Gasteiger partial charge in [-0.25, -0.2) is 4.98 Å². The zero-order chi connectivity index (χ0) is 17.0. The lowest BCUT2D eigenvalue weighted by molar-refractivity contribution is -0.130. The Morgan fingerprint density at radius 1 is 1.35 bits per heavy atom. The normalized spacial score (nSPS) is 19.3. The number of aromatic nitrogens is 1. The molecule has 1 saturated heterocycles. The molecule has 5 nitrogen and oxygen atoms in total. The molecule has 1 N–H and O–H groups in total. The van der Waals surface area contributed by atoms with E-state index in [0.29, 0.717) is 12.0 Å². The standard InChI is InChI=1S/C18H30N4O/c1-13(2)10-16-18(23)19-8-9-22(16)12-15-6-7-17(20-11-15)21(5)14(3)4/h6-7,11,13-14,16H,8-10,12H2,1-5H3,(H,19,23)/t16-/m1/s1. The van der Waals surface area contributed by atoms with E-state index in [-0.39, 0.29) is 11.9 Å². The molecule has 2 rings (SSSR count). The van der Waals surface area contributed by atoms with Crippen molar-refractivity contribution < 1.29 is 4.79 Å². The summed E-state index contributed by atoms with van der Waals surface area (Å²) in [6, 6.07) is 4.59. The predicted molar refractivity (Wildman–Crippen MR) is 94.4 cm³/mol. The minimum absolute atomic E-state index is 0.0261. The van der Waals surface area contributed by atoms with Crippen LogP contribution in [-0.4, -0.2) is 48.0 Å². The first-order valence-corrected chi connectivity index (χ1v) is 8.58. The van der Waals surface area contributed by atoms with Gasteiger partial charge in [-0.3, -0.25) is 9.69 Å². The van der Waals surface area contributed by atoms with Gasteiger partial charge >= 0.3 is 0 Å². The summed E-state index contributed by atoms with van der Waals surface area (Å²) in [5.41, 5.74) is 1.16. The second kappa shape index (κ2) is 7.77. The van der Waals surface area contributed by atoms with Crippen molar-refractivity contribution in [2.24, 2.45) is 5.92 Å². The van der Waals surface area contributed by atoms with Gasteiger partial charge in [0.2, 0.25) is 5.91 Å². The molecule has 0 spiro atoms. The first kappa shape index (κ1) is 17.7. The fraction of sp³-hybridized carbons (Fsp3) is 0.667. The topological polar surface area (TPSA) is 48.5 Å². The van der Waals surface area contributed by atoms with Crippen molar-refractivity contribution in [1.82, 2.24) is 15.2 Å². The maximum Gasteiger partial charge on any atom is 0.237 e. The van der Waals surface area contributed by atoms with Crippen LogP contribution in [0.15, 0.2) is 18.3 Å². The van der Waals surface area contributed by atoms with Gasteiger partial charge in [-0.05, 0) is 37.8 Å². The lowest BCUT2D eigenvalue weighted by Crippen LogP contribution is -2.55. The van der Waals surface area contributed by atoms with Crippen LogP contribution in [0.5, 0.6) is 0 Å². The number of amides is 1. The third-order valence-corrected chi connectivity index (χ3v) is 4.47. The van der Waals surface area contributed by atoms with Crippen LogP contribution in [0.4, 0.5) is 5.82 Å². The van der Waals surface area contributed by atoms with Gasteiger partial charge in [0.05, 0.1) is 6.04 Å². The first-order valence-electron chi connectivity index (χ1n) is 8.58. The zero-order valence-electron chi connectivity index (χ0n) is 15.0. The summed E-state index contributed by atoms with van der Waals surface area (Å²) in [5.74, 6) is 1.65. The lowest BCUT2D eigenvalue weighted by Gasteiger charge is -2.36. The highest BCUT2D eigenvalue weighted by atomic mass is 16.2. The fourth-order valence-electron chi connectivity index (χ4n) is 2.87. The van der Waals surface area contributed by atoms with Gasteiger partial charge in [0.15, 0.2) is 0 Å². The zero-order valence-corrected chi connectivity index (χ0v) is 15.0. The number of hydrogen-bond donors (Lipinski definition) is 1. The quantitative estimate of drug-likeness (QED) is 0.874. The van der Waals surface area contributed by atoms with E-state index in [0.717, 1.165) is 37.4 Å². The van der Waals surface area contributed by atoms with Crippen molar-refractivity contribution in [1.29, 1.82) is 0 Å². The fourth-order valence-corrected chi connectivity index (χ4v) is 2.87. The monoisotopic (exact) mass is 318 g/mol. The van der Waals surface area contributed by atoms with Crippen LogP contribution in [0.3, 0.4) is 0 Å². The highest BCUT2D eigenvalue weighted by Gasteiger charge is 2.30. The summed E-state index contributed by atoms with van der Waals surface area (Å²) in [7, 11) is 2.06.